The van der Waals surface area contributed by atoms with Gasteiger partial charge in [0.15, 0.2) is 0 Å². The topological polar surface area (TPSA) is 18.5 Å². The maximum absolute atomic E-state index is 13.8. The zero-order valence-corrected chi connectivity index (χ0v) is 11.8. The minimum atomic E-state index is -0.515. The number of likely N-dealkylation sites (N-methyl/N-ethyl adjacent to an activating group) is 1. The molecule has 2 unspecified atom stereocenters. The molecule has 0 aliphatic carbocycles. The fourth-order valence-corrected chi connectivity index (χ4v) is 3.39. The summed E-state index contributed by atoms with van der Waals surface area (Å²) >= 11 is 0. The SMILES string of the molecule is CNC(Cc1ccc(F)cc1F)C1CN2CCN1CC2. The highest BCUT2D eigenvalue weighted by Gasteiger charge is 2.36. The molecule has 3 heterocycles. The Morgan fingerprint density at radius 2 is 2.00 bits per heavy atom. The minimum Gasteiger partial charge on any atom is -0.315 e. The first-order chi connectivity index (χ1) is 9.67. The van der Waals surface area contributed by atoms with Crippen LogP contribution in [0.1, 0.15) is 5.56 Å². The predicted octanol–water partition coefficient (Wildman–Crippen LogP) is 1.10. The van der Waals surface area contributed by atoms with E-state index in [1.807, 2.05) is 7.05 Å². The molecule has 3 aliphatic heterocycles. The van der Waals surface area contributed by atoms with E-state index < -0.39 is 11.6 Å². The summed E-state index contributed by atoms with van der Waals surface area (Å²) in [7, 11) is 1.92. The average Bonchev–Trinajstić information content (AvgIpc) is 2.48. The van der Waals surface area contributed by atoms with Crippen molar-refractivity contribution < 1.29 is 8.78 Å². The lowest BCUT2D eigenvalue weighted by atomic mass is 9.94. The quantitative estimate of drug-likeness (QED) is 0.891. The molecular weight excluding hydrogens is 260 g/mol. The summed E-state index contributed by atoms with van der Waals surface area (Å²) in [5.74, 6) is -0.958. The number of piperazine rings is 3. The number of benzene rings is 1. The third kappa shape index (κ3) is 2.71. The number of halogens is 2. The van der Waals surface area contributed by atoms with Crippen LogP contribution in [0.5, 0.6) is 0 Å². The Bertz CT molecular complexity index is 472. The lowest BCUT2D eigenvalue weighted by Crippen LogP contribution is -2.66. The molecule has 5 heteroatoms. The monoisotopic (exact) mass is 281 g/mol. The van der Waals surface area contributed by atoms with Crippen LogP contribution >= 0.6 is 0 Å². The van der Waals surface area contributed by atoms with Crippen molar-refractivity contribution in [2.24, 2.45) is 0 Å². The fourth-order valence-electron chi connectivity index (χ4n) is 3.39. The van der Waals surface area contributed by atoms with Gasteiger partial charge in [0.25, 0.3) is 0 Å². The number of nitrogens with zero attached hydrogens (tertiary/aromatic N) is 2. The second-order valence-electron chi connectivity index (χ2n) is 5.74. The Hall–Kier alpha value is -1.04. The van der Waals surface area contributed by atoms with Crippen LogP contribution < -0.4 is 5.32 Å². The number of hydrogen-bond acceptors (Lipinski definition) is 3. The van der Waals surface area contributed by atoms with Gasteiger partial charge in [-0.2, -0.15) is 0 Å². The van der Waals surface area contributed by atoms with Gasteiger partial charge >= 0.3 is 0 Å². The van der Waals surface area contributed by atoms with Crippen LogP contribution in [-0.4, -0.2) is 61.7 Å². The van der Waals surface area contributed by atoms with E-state index >= 15 is 0 Å². The Morgan fingerprint density at radius 3 is 2.55 bits per heavy atom. The zero-order valence-electron chi connectivity index (χ0n) is 11.8. The van der Waals surface area contributed by atoms with Gasteiger partial charge in [-0.15, -0.1) is 0 Å². The molecule has 2 atom stereocenters. The summed E-state index contributed by atoms with van der Waals surface area (Å²) in [6.45, 7) is 5.49. The highest BCUT2D eigenvalue weighted by atomic mass is 19.1. The highest BCUT2D eigenvalue weighted by molar-refractivity contribution is 5.20. The van der Waals surface area contributed by atoms with Crippen LogP contribution in [0.25, 0.3) is 0 Å². The van der Waals surface area contributed by atoms with E-state index in [1.54, 1.807) is 6.07 Å². The molecular formula is C15H21F2N3. The summed E-state index contributed by atoms with van der Waals surface area (Å²) in [5, 5.41) is 3.32. The second-order valence-corrected chi connectivity index (χ2v) is 5.74. The van der Waals surface area contributed by atoms with E-state index in [0.717, 1.165) is 38.8 Å². The third-order valence-corrected chi connectivity index (χ3v) is 4.61. The zero-order chi connectivity index (χ0) is 14.1. The molecule has 0 radical (unpaired) electrons. The smallest absolute Gasteiger partial charge is 0.129 e. The van der Waals surface area contributed by atoms with Crippen LogP contribution in [0.4, 0.5) is 8.78 Å². The molecule has 1 aromatic carbocycles. The summed E-state index contributed by atoms with van der Waals surface area (Å²) in [6, 6.07) is 4.47. The van der Waals surface area contributed by atoms with Crippen molar-refractivity contribution in [2.75, 3.05) is 39.8 Å². The minimum absolute atomic E-state index is 0.193. The first kappa shape index (κ1) is 13.9. The Labute approximate surface area is 118 Å². The van der Waals surface area contributed by atoms with Crippen LogP contribution in [0.3, 0.4) is 0 Å². The van der Waals surface area contributed by atoms with Gasteiger partial charge < -0.3 is 5.32 Å². The van der Waals surface area contributed by atoms with Crippen LogP contribution in [0.15, 0.2) is 18.2 Å². The third-order valence-electron chi connectivity index (χ3n) is 4.61. The van der Waals surface area contributed by atoms with Gasteiger partial charge in [-0.05, 0) is 25.1 Å². The molecule has 3 saturated heterocycles. The standard InChI is InChI=1S/C15H21F2N3/c1-18-14(8-11-2-3-12(16)9-13(11)17)15-10-19-4-6-20(15)7-5-19/h2-3,9,14-15,18H,4-8,10H2,1H3. The van der Waals surface area contributed by atoms with E-state index in [2.05, 4.69) is 15.1 Å². The van der Waals surface area contributed by atoms with Crippen LogP contribution in [0.2, 0.25) is 0 Å². The van der Waals surface area contributed by atoms with E-state index in [1.165, 1.54) is 6.07 Å². The van der Waals surface area contributed by atoms with Gasteiger partial charge in [0.2, 0.25) is 0 Å². The van der Waals surface area contributed by atoms with E-state index in [9.17, 15) is 8.78 Å². The predicted molar refractivity (Wildman–Crippen MR) is 74.7 cm³/mol. The molecule has 110 valence electrons. The molecule has 20 heavy (non-hydrogen) atoms. The molecule has 3 fully saturated rings. The molecule has 0 amide bonds. The first-order valence-corrected chi connectivity index (χ1v) is 7.25. The van der Waals surface area contributed by atoms with Gasteiger partial charge in [0.05, 0.1) is 0 Å². The van der Waals surface area contributed by atoms with Gasteiger partial charge in [0, 0.05) is 50.9 Å². The van der Waals surface area contributed by atoms with Crippen molar-refractivity contribution in [1.29, 1.82) is 0 Å². The number of nitrogens with one attached hydrogen (secondary N) is 1. The van der Waals surface area contributed by atoms with Gasteiger partial charge in [-0.1, -0.05) is 6.07 Å². The molecule has 3 nitrogen and oxygen atoms in total. The number of rotatable bonds is 4. The lowest BCUT2D eigenvalue weighted by molar-refractivity contribution is -0.00212. The molecule has 3 aliphatic rings. The maximum Gasteiger partial charge on any atom is 0.129 e. The van der Waals surface area contributed by atoms with Crippen LogP contribution in [0, 0.1) is 11.6 Å². The molecule has 1 aromatic rings. The molecule has 1 N–H and O–H groups in total. The van der Waals surface area contributed by atoms with E-state index in [-0.39, 0.29) is 6.04 Å². The largest absolute Gasteiger partial charge is 0.315 e. The van der Waals surface area contributed by atoms with Crippen molar-refractivity contribution in [3.63, 3.8) is 0 Å². The maximum atomic E-state index is 13.8. The van der Waals surface area contributed by atoms with E-state index in [0.29, 0.717) is 18.0 Å². The molecule has 0 aromatic heterocycles. The average molecular weight is 281 g/mol. The Balaban J connectivity index is 1.73. The summed E-state index contributed by atoms with van der Waals surface area (Å²) in [6.07, 6.45) is 0.595. The van der Waals surface area contributed by atoms with Gasteiger partial charge in [-0.3, -0.25) is 9.80 Å². The van der Waals surface area contributed by atoms with Crippen molar-refractivity contribution in [2.45, 2.75) is 18.5 Å². The molecule has 0 saturated carbocycles. The summed E-state index contributed by atoms with van der Waals surface area (Å²) in [4.78, 5) is 4.96. The number of hydrogen-bond donors (Lipinski definition) is 1. The lowest BCUT2D eigenvalue weighted by Gasteiger charge is -2.50. The first-order valence-electron chi connectivity index (χ1n) is 7.25. The Kier molecular flexibility index (Phi) is 4.01. The fraction of sp³-hybridized carbons (Fsp3) is 0.600. The molecule has 4 rings (SSSR count). The summed E-state index contributed by atoms with van der Waals surface area (Å²) in [5.41, 5.74) is 0.586. The van der Waals surface area contributed by atoms with Crippen molar-refractivity contribution in [3.05, 3.63) is 35.4 Å². The molecule has 0 spiro atoms. The normalized spacial score (nSPS) is 30.4. The van der Waals surface area contributed by atoms with Crippen molar-refractivity contribution in [3.8, 4) is 0 Å². The second kappa shape index (κ2) is 5.76. The van der Waals surface area contributed by atoms with E-state index in [4.69, 9.17) is 0 Å². The van der Waals surface area contributed by atoms with Gasteiger partial charge in [-0.25, -0.2) is 8.78 Å². The van der Waals surface area contributed by atoms with Gasteiger partial charge in [0.1, 0.15) is 11.6 Å². The Morgan fingerprint density at radius 1 is 1.25 bits per heavy atom. The summed E-state index contributed by atoms with van der Waals surface area (Å²) < 4.78 is 26.8. The van der Waals surface area contributed by atoms with Crippen LogP contribution in [-0.2, 0) is 6.42 Å². The number of fused-ring (bicyclic) bond motifs is 3. The highest BCUT2D eigenvalue weighted by Crippen LogP contribution is 2.21. The van der Waals surface area contributed by atoms with Crippen molar-refractivity contribution in [1.82, 2.24) is 15.1 Å². The van der Waals surface area contributed by atoms with Crippen molar-refractivity contribution >= 4 is 0 Å². The molecule has 2 bridgehead atoms.